The number of Topliss-reactive ketones (excluding diaryl/α,β-unsaturated/α-hetero) is 1. The van der Waals surface area contributed by atoms with Crippen LogP contribution in [0.25, 0.3) is 0 Å². The molecule has 0 amide bonds. The minimum absolute atomic E-state index is 0.0448. The van der Waals surface area contributed by atoms with Gasteiger partial charge in [-0.15, -0.1) is 0 Å². The molecule has 0 spiro atoms. The van der Waals surface area contributed by atoms with Gasteiger partial charge in [-0.05, 0) is 42.7 Å². The van der Waals surface area contributed by atoms with Crippen molar-refractivity contribution in [2.75, 3.05) is 7.11 Å². The van der Waals surface area contributed by atoms with Crippen molar-refractivity contribution in [2.45, 2.75) is 18.9 Å². The molecule has 2 aromatic rings. The average Bonchev–Trinajstić information content (AvgIpc) is 2.92. The van der Waals surface area contributed by atoms with E-state index < -0.39 is 6.10 Å². The van der Waals surface area contributed by atoms with Gasteiger partial charge in [0.1, 0.15) is 11.9 Å². The highest BCUT2D eigenvalue weighted by molar-refractivity contribution is 6.02. The summed E-state index contributed by atoms with van der Waals surface area (Å²) in [6.07, 6.45) is 0.978. The molecule has 1 aliphatic carbocycles. The molecule has 23 heavy (non-hydrogen) atoms. The number of methoxy groups -OCH3 is 1. The number of aryl methyl sites for hydroxylation is 1. The van der Waals surface area contributed by atoms with Crippen LogP contribution in [-0.2, 0) is 11.2 Å². The number of benzene rings is 2. The normalized spacial score (nSPS) is 22.3. The topological polar surface area (TPSA) is 52.6 Å². The molecule has 4 rings (SSSR count). The SMILES string of the molecule is COc1ccc2c(c1)CC[C@H]([C@@H]1OC(=O)c3ccccc31)C2=O. The van der Waals surface area contributed by atoms with E-state index in [1.54, 1.807) is 19.2 Å². The number of rotatable bonds is 2. The van der Waals surface area contributed by atoms with Crippen LogP contribution in [0, 0.1) is 5.92 Å². The van der Waals surface area contributed by atoms with Crippen molar-refractivity contribution in [1.82, 2.24) is 0 Å². The molecule has 0 saturated heterocycles. The lowest BCUT2D eigenvalue weighted by Crippen LogP contribution is -2.28. The second kappa shape index (κ2) is 5.23. The summed E-state index contributed by atoms with van der Waals surface area (Å²) in [5.41, 5.74) is 3.12. The van der Waals surface area contributed by atoms with Crippen LogP contribution in [0.5, 0.6) is 5.75 Å². The van der Waals surface area contributed by atoms with Gasteiger partial charge in [0.15, 0.2) is 5.78 Å². The van der Waals surface area contributed by atoms with Gasteiger partial charge in [0, 0.05) is 11.1 Å². The van der Waals surface area contributed by atoms with Crippen LogP contribution in [0.2, 0.25) is 0 Å². The summed E-state index contributed by atoms with van der Waals surface area (Å²) in [4.78, 5) is 24.9. The van der Waals surface area contributed by atoms with Crippen molar-refractivity contribution in [2.24, 2.45) is 5.92 Å². The van der Waals surface area contributed by atoms with E-state index >= 15 is 0 Å². The minimum Gasteiger partial charge on any atom is -0.497 e. The minimum atomic E-state index is -0.471. The molecule has 4 nitrogen and oxygen atoms in total. The smallest absolute Gasteiger partial charge is 0.339 e. The maximum absolute atomic E-state index is 12.9. The Labute approximate surface area is 134 Å². The molecule has 0 unspecified atom stereocenters. The molecule has 0 bridgehead atoms. The molecule has 0 aromatic heterocycles. The van der Waals surface area contributed by atoms with Crippen LogP contribution < -0.4 is 4.74 Å². The number of cyclic esters (lactones) is 1. The van der Waals surface area contributed by atoms with E-state index in [0.29, 0.717) is 17.5 Å². The first-order valence-corrected chi connectivity index (χ1v) is 7.70. The molecule has 1 heterocycles. The maximum Gasteiger partial charge on any atom is 0.339 e. The van der Waals surface area contributed by atoms with E-state index in [0.717, 1.165) is 23.3 Å². The van der Waals surface area contributed by atoms with Gasteiger partial charge in [-0.25, -0.2) is 4.79 Å². The van der Waals surface area contributed by atoms with Crippen molar-refractivity contribution < 1.29 is 19.1 Å². The summed E-state index contributed by atoms with van der Waals surface area (Å²) in [7, 11) is 1.62. The molecular formula is C19H16O4. The van der Waals surface area contributed by atoms with Crippen molar-refractivity contribution in [3.63, 3.8) is 0 Å². The first-order chi connectivity index (χ1) is 11.2. The third-order valence-electron chi connectivity index (χ3n) is 4.73. The van der Waals surface area contributed by atoms with Gasteiger partial charge >= 0.3 is 5.97 Å². The highest BCUT2D eigenvalue weighted by atomic mass is 16.5. The first-order valence-electron chi connectivity index (χ1n) is 7.70. The zero-order valence-electron chi connectivity index (χ0n) is 12.7. The highest BCUT2D eigenvalue weighted by Gasteiger charge is 2.42. The number of hydrogen-bond donors (Lipinski definition) is 0. The van der Waals surface area contributed by atoms with Gasteiger partial charge in [-0.1, -0.05) is 18.2 Å². The van der Waals surface area contributed by atoms with Crippen LogP contribution in [0.4, 0.5) is 0 Å². The molecule has 1 aliphatic heterocycles. The van der Waals surface area contributed by atoms with Crippen molar-refractivity contribution in [3.05, 3.63) is 64.7 Å². The monoisotopic (exact) mass is 308 g/mol. The lowest BCUT2D eigenvalue weighted by Gasteiger charge is -2.27. The summed E-state index contributed by atoms with van der Waals surface area (Å²) >= 11 is 0. The van der Waals surface area contributed by atoms with Crippen molar-refractivity contribution in [1.29, 1.82) is 0 Å². The van der Waals surface area contributed by atoms with Crippen LogP contribution in [0.15, 0.2) is 42.5 Å². The fourth-order valence-corrected chi connectivity index (χ4v) is 3.55. The number of esters is 1. The van der Waals surface area contributed by atoms with E-state index in [9.17, 15) is 9.59 Å². The molecule has 4 heteroatoms. The van der Waals surface area contributed by atoms with Gasteiger partial charge in [0.25, 0.3) is 0 Å². The van der Waals surface area contributed by atoms with Gasteiger partial charge in [-0.2, -0.15) is 0 Å². The largest absolute Gasteiger partial charge is 0.497 e. The Balaban J connectivity index is 1.70. The Hall–Kier alpha value is -2.62. The van der Waals surface area contributed by atoms with E-state index in [-0.39, 0.29) is 17.7 Å². The maximum atomic E-state index is 12.9. The number of carbonyl (C=O) groups excluding carboxylic acids is 2. The van der Waals surface area contributed by atoms with Crippen molar-refractivity contribution in [3.8, 4) is 5.75 Å². The molecule has 116 valence electrons. The second-order valence-corrected chi connectivity index (χ2v) is 5.95. The number of fused-ring (bicyclic) bond motifs is 2. The van der Waals surface area contributed by atoms with Gasteiger partial charge < -0.3 is 9.47 Å². The Morgan fingerprint density at radius 2 is 1.91 bits per heavy atom. The van der Waals surface area contributed by atoms with Crippen LogP contribution in [0.3, 0.4) is 0 Å². The molecule has 0 saturated carbocycles. The third kappa shape index (κ3) is 2.13. The van der Waals surface area contributed by atoms with Crippen molar-refractivity contribution >= 4 is 11.8 Å². The molecular weight excluding hydrogens is 292 g/mol. The summed E-state index contributed by atoms with van der Waals surface area (Å²) < 4.78 is 10.7. The Morgan fingerprint density at radius 3 is 2.74 bits per heavy atom. The summed E-state index contributed by atoms with van der Waals surface area (Å²) in [6.45, 7) is 0. The molecule has 2 aliphatic rings. The molecule has 2 aromatic carbocycles. The predicted molar refractivity (Wildman–Crippen MR) is 83.7 cm³/mol. The number of carbonyl (C=O) groups is 2. The van der Waals surface area contributed by atoms with Crippen LogP contribution >= 0.6 is 0 Å². The number of hydrogen-bond acceptors (Lipinski definition) is 4. The lowest BCUT2D eigenvalue weighted by atomic mass is 9.78. The first kappa shape index (κ1) is 14.0. The zero-order valence-corrected chi connectivity index (χ0v) is 12.7. The molecule has 0 fully saturated rings. The number of ether oxygens (including phenoxy) is 2. The third-order valence-corrected chi connectivity index (χ3v) is 4.73. The average molecular weight is 308 g/mol. The van der Waals surface area contributed by atoms with Crippen LogP contribution in [0.1, 0.15) is 44.4 Å². The Bertz CT molecular complexity index is 809. The van der Waals surface area contributed by atoms with E-state index in [1.165, 1.54) is 0 Å². The summed E-state index contributed by atoms with van der Waals surface area (Å²) in [5.74, 6) is 0.151. The second-order valence-electron chi connectivity index (χ2n) is 5.95. The highest BCUT2D eigenvalue weighted by Crippen LogP contribution is 2.42. The Morgan fingerprint density at radius 1 is 1.09 bits per heavy atom. The van der Waals surface area contributed by atoms with E-state index in [2.05, 4.69) is 0 Å². The molecule has 0 N–H and O–H groups in total. The molecule has 2 atom stereocenters. The fourth-order valence-electron chi connectivity index (χ4n) is 3.55. The standard InChI is InChI=1S/C19H16O4/c1-22-12-7-9-13-11(10-12)6-8-16(17(13)20)18-14-4-2-3-5-15(14)19(21)23-18/h2-5,7,9-10,16,18H,6,8H2,1H3/t16-,18+/m0/s1. The van der Waals surface area contributed by atoms with Gasteiger partial charge in [0.05, 0.1) is 18.6 Å². The predicted octanol–water partition coefficient (Wildman–Crippen LogP) is 3.35. The number of ketones is 1. The summed E-state index contributed by atoms with van der Waals surface area (Å²) in [5, 5.41) is 0. The van der Waals surface area contributed by atoms with Gasteiger partial charge in [0.2, 0.25) is 0 Å². The van der Waals surface area contributed by atoms with Crippen LogP contribution in [-0.4, -0.2) is 18.9 Å². The quantitative estimate of drug-likeness (QED) is 0.798. The van der Waals surface area contributed by atoms with Gasteiger partial charge in [-0.3, -0.25) is 4.79 Å². The Kier molecular flexibility index (Phi) is 3.18. The fraction of sp³-hybridized carbons (Fsp3) is 0.263. The lowest BCUT2D eigenvalue weighted by molar-refractivity contribution is 0.0222. The molecule has 0 radical (unpaired) electrons. The summed E-state index contributed by atoms with van der Waals surface area (Å²) in [6, 6.07) is 12.8. The zero-order chi connectivity index (χ0) is 16.0. The van der Waals surface area contributed by atoms with E-state index in [1.807, 2.05) is 30.3 Å². The van der Waals surface area contributed by atoms with E-state index in [4.69, 9.17) is 9.47 Å².